The number of aromatic nitrogens is 6. The molecular weight excluding hydrogens is 276 g/mol. The topological polar surface area (TPSA) is 64.3 Å². The van der Waals surface area contributed by atoms with Crippen molar-refractivity contribution in [1.29, 1.82) is 0 Å². The second-order valence-electron chi connectivity index (χ2n) is 5.43. The standard InChI is InChI=1S/C16H16N6/c1-10-11(2)14-12(19-9-20-14)8-13(10)22-7-5-18-16(22)15-17-4-6-21(15)3/h4-9H,1-3H3,(H,19,20). The number of fused-ring (bicyclic) bond motifs is 1. The van der Waals surface area contributed by atoms with Gasteiger partial charge in [-0.05, 0) is 31.0 Å². The summed E-state index contributed by atoms with van der Waals surface area (Å²) >= 11 is 0. The van der Waals surface area contributed by atoms with Crippen LogP contribution < -0.4 is 0 Å². The van der Waals surface area contributed by atoms with Gasteiger partial charge in [-0.1, -0.05) is 0 Å². The molecule has 0 aliphatic carbocycles. The minimum atomic E-state index is 0.828. The number of H-pyrrole nitrogens is 1. The highest BCUT2D eigenvalue weighted by Crippen LogP contribution is 2.28. The van der Waals surface area contributed by atoms with Crippen LogP contribution in [0.3, 0.4) is 0 Å². The average molecular weight is 292 g/mol. The first-order valence-corrected chi connectivity index (χ1v) is 7.11. The van der Waals surface area contributed by atoms with Gasteiger partial charge in [0, 0.05) is 31.8 Å². The molecule has 4 aromatic rings. The maximum Gasteiger partial charge on any atom is 0.181 e. The Morgan fingerprint density at radius 1 is 0.955 bits per heavy atom. The molecule has 0 amide bonds. The second kappa shape index (κ2) is 4.56. The minimum absolute atomic E-state index is 0.828. The second-order valence-corrected chi connectivity index (χ2v) is 5.43. The van der Waals surface area contributed by atoms with Gasteiger partial charge in [-0.15, -0.1) is 0 Å². The first kappa shape index (κ1) is 12.8. The van der Waals surface area contributed by atoms with Gasteiger partial charge in [-0.25, -0.2) is 15.0 Å². The van der Waals surface area contributed by atoms with Crippen LogP contribution in [-0.4, -0.2) is 29.1 Å². The lowest BCUT2D eigenvalue weighted by Crippen LogP contribution is -2.04. The fourth-order valence-corrected chi connectivity index (χ4v) is 2.82. The lowest BCUT2D eigenvalue weighted by atomic mass is 10.1. The Bertz CT molecular complexity index is 972. The minimum Gasteiger partial charge on any atom is -0.345 e. The number of nitrogens with one attached hydrogen (secondary N) is 1. The molecule has 0 saturated carbocycles. The van der Waals surface area contributed by atoms with E-state index in [1.807, 2.05) is 24.0 Å². The highest BCUT2D eigenvalue weighted by Gasteiger charge is 2.16. The number of rotatable bonds is 2. The molecule has 22 heavy (non-hydrogen) atoms. The summed E-state index contributed by atoms with van der Waals surface area (Å²) in [5.41, 5.74) is 5.49. The number of hydrogen-bond acceptors (Lipinski definition) is 3. The van der Waals surface area contributed by atoms with Crippen molar-refractivity contribution in [2.75, 3.05) is 0 Å². The lowest BCUT2D eigenvalue weighted by molar-refractivity contribution is 0.895. The van der Waals surface area contributed by atoms with Gasteiger partial charge in [0.1, 0.15) is 0 Å². The lowest BCUT2D eigenvalue weighted by Gasteiger charge is -2.13. The van der Waals surface area contributed by atoms with E-state index in [0.717, 1.165) is 28.4 Å². The van der Waals surface area contributed by atoms with Crippen molar-refractivity contribution in [3.05, 3.63) is 48.3 Å². The number of hydrogen-bond donors (Lipinski definition) is 1. The zero-order valence-electron chi connectivity index (χ0n) is 12.7. The Morgan fingerprint density at radius 3 is 2.50 bits per heavy atom. The molecule has 0 aliphatic rings. The van der Waals surface area contributed by atoms with Crippen molar-refractivity contribution in [2.24, 2.45) is 7.05 Å². The zero-order chi connectivity index (χ0) is 15.3. The van der Waals surface area contributed by atoms with E-state index in [1.165, 1.54) is 11.1 Å². The predicted octanol–water partition coefficient (Wildman–Crippen LogP) is 2.77. The normalized spacial score (nSPS) is 11.4. The van der Waals surface area contributed by atoms with Crippen LogP contribution in [0.5, 0.6) is 0 Å². The zero-order valence-corrected chi connectivity index (χ0v) is 12.7. The van der Waals surface area contributed by atoms with Crippen LogP contribution in [0.1, 0.15) is 11.1 Å². The summed E-state index contributed by atoms with van der Waals surface area (Å²) < 4.78 is 4.04. The largest absolute Gasteiger partial charge is 0.345 e. The molecule has 110 valence electrons. The van der Waals surface area contributed by atoms with E-state index in [9.17, 15) is 0 Å². The maximum absolute atomic E-state index is 4.49. The van der Waals surface area contributed by atoms with Gasteiger partial charge in [0.25, 0.3) is 0 Å². The molecule has 0 aliphatic heterocycles. The van der Waals surface area contributed by atoms with Crippen LogP contribution in [0.4, 0.5) is 0 Å². The van der Waals surface area contributed by atoms with Gasteiger partial charge >= 0.3 is 0 Å². The molecular formula is C16H16N6. The van der Waals surface area contributed by atoms with E-state index in [-0.39, 0.29) is 0 Å². The van der Waals surface area contributed by atoms with E-state index in [4.69, 9.17) is 0 Å². The molecule has 0 fully saturated rings. The highest BCUT2D eigenvalue weighted by atomic mass is 15.1. The van der Waals surface area contributed by atoms with Gasteiger partial charge in [0.05, 0.1) is 23.0 Å². The molecule has 6 heteroatoms. The third kappa shape index (κ3) is 1.70. The van der Waals surface area contributed by atoms with Gasteiger partial charge in [0.2, 0.25) is 0 Å². The number of aryl methyl sites for hydroxylation is 2. The number of benzene rings is 1. The molecule has 1 aromatic carbocycles. The Hall–Kier alpha value is -2.89. The van der Waals surface area contributed by atoms with E-state index >= 15 is 0 Å². The molecule has 6 nitrogen and oxygen atoms in total. The van der Waals surface area contributed by atoms with Crippen molar-refractivity contribution < 1.29 is 0 Å². The molecule has 0 radical (unpaired) electrons. The Balaban J connectivity index is 1.99. The van der Waals surface area contributed by atoms with Crippen molar-refractivity contribution in [3.8, 4) is 17.3 Å². The summed E-state index contributed by atoms with van der Waals surface area (Å²) in [7, 11) is 1.97. The van der Waals surface area contributed by atoms with Crippen LogP contribution in [0, 0.1) is 13.8 Å². The SMILES string of the molecule is Cc1c(-n2ccnc2-c2nccn2C)cc2[nH]cnc2c1C. The third-order valence-electron chi connectivity index (χ3n) is 4.17. The van der Waals surface area contributed by atoms with Crippen LogP contribution in [0.15, 0.2) is 37.2 Å². The molecule has 0 bridgehead atoms. The molecule has 4 rings (SSSR count). The van der Waals surface area contributed by atoms with Crippen molar-refractivity contribution >= 4 is 11.0 Å². The summed E-state index contributed by atoms with van der Waals surface area (Å²) in [5.74, 6) is 1.67. The smallest absolute Gasteiger partial charge is 0.181 e. The molecule has 3 heterocycles. The monoisotopic (exact) mass is 292 g/mol. The molecule has 0 spiro atoms. The van der Waals surface area contributed by atoms with Gasteiger partial charge < -0.3 is 9.55 Å². The Labute approximate surface area is 127 Å². The highest BCUT2D eigenvalue weighted by molar-refractivity contribution is 5.83. The van der Waals surface area contributed by atoms with Crippen molar-refractivity contribution in [2.45, 2.75) is 13.8 Å². The van der Waals surface area contributed by atoms with Gasteiger partial charge in [-0.2, -0.15) is 0 Å². The maximum atomic E-state index is 4.49. The summed E-state index contributed by atoms with van der Waals surface area (Å²) in [6.45, 7) is 4.21. The summed E-state index contributed by atoms with van der Waals surface area (Å²) in [5, 5.41) is 0. The first-order valence-electron chi connectivity index (χ1n) is 7.11. The molecule has 0 atom stereocenters. The molecule has 1 N–H and O–H groups in total. The number of aromatic amines is 1. The van der Waals surface area contributed by atoms with Crippen LogP contribution >= 0.6 is 0 Å². The van der Waals surface area contributed by atoms with Gasteiger partial charge in [0.15, 0.2) is 11.6 Å². The van der Waals surface area contributed by atoms with Crippen molar-refractivity contribution in [1.82, 2.24) is 29.1 Å². The quantitative estimate of drug-likeness (QED) is 0.618. The van der Waals surface area contributed by atoms with E-state index in [1.54, 1.807) is 18.7 Å². The van der Waals surface area contributed by atoms with Crippen LogP contribution in [0.25, 0.3) is 28.4 Å². The Morgan fingerprint density at radius 2 is 1.73 bits per heavy atom. The number of imidazole rings is 3. The van der Waals surface area contributed by atoms with E-state index in [0.29, 0.717) is 0 Å². The summed E-state index contributed by atoms with van der Waals surface area (Å²) in [4.78, 5) is 16.5. The molecule has 3 aromatic heterocycles. The van der Waals surface area contributed by atoms with Crippen LogP contribution in [-0.2, 0) is 7.05 Å². The first-order chi connectivity index (χ1) is 10.7. The Kier molecular flexibility index (Phi) is 2.66. The van der Waals surface area contributed by atoms with E-state index in [2.05, 4.69) is 44.4 Å². The number of nitrogens with zero attached hydrogens (tertiary/aromatic N) is 5. The van der Waals surface area contributed by atoms with Crippen molar-refractivity contribution in [3.63, 3.8) is 0 Å². The van der Waals surface area contributed by atoms with Gasteiger partial charge in [-0.3, -0.25) is 4.57 Å². The fourth-order valence-electron chi connectivity index (χ4n) is 2.82. The summed E-state index contributed by atoms with van der Waals surface area (Å²) in [6, 6.07) is 2.11. The average Bonchev–Trinajstić information content (AvgIpc) is 3.21. The summed E-state index contributed by atoms with van der Waals surface area (Å²) in [6.07, 6.45) is 9.20. The predicted molar refractivity (Wildman–Crippen MR) is 84.9 cm³/mol. The third-order valence-corrected chi connectivity index (χ3v) is 4.17. The fraction of sp³-hybridized carbons (Fsp3) is 0.188. The molecule has 0 unspecified atom stereocenters. The van der Waals surface area contributed by atoms with Crippen LogP contribution in [0.2, 0.25) is 0 Å². The molecule has 0 saturated heterocycles. The van der Waals surface area contributed by atoms with E-state index < -0.39 is 0 Å².